The largest absolute Gasteiger partial charge is 0.352 e. The molecule has 4 aromatic rings. The zero-order chi connectivity index (χ0) is 20.0. The average molecular weight is 388 g/mol. The van der Waals surface area contributed by atoms with E-state index in [-0.39, 0.29) is 11.9 Å². The molecule has 3 heterocycles. The molecule has 148 valence electrons. The summed E-state index contributed by atoms with van der Waals surface area (Å²) in [6.07, 6.45) is 4.69. The second kappa shape index (κ2) is 6.99. The SMILES string of the molecule is CC(C)n1ncc2c(C(=O)NCCc3nc4ccccc4[nH]3)cc(C3CC3)nc21. The van der Waals surface area contributed by atoms with Crippen molar-refractivity contribution in [2.45, 2.75) is 45.1 Å². The molecule has 0 unspecified atom stereocenters. The summed E-state index contributed by atoms with van der Waals surface area (Å²) in [5, 5.41) is 8.32. The lowest BCUT2D eigenvalue weighted by Gasteiger charge is -2.10. The first-order valence-electron chi connectivity index (χ1n) is 10.2. The Morgan fingerprint density at radius 2 is 2.10 bits per heavy atom. The van der Waals surface area contributed by atoms with Gasteiger partial charge < -0.3 is 10.3 Å². The third-order valence-electron chi connectivity index (χ3n) is 5.40. The molecule has 7 heteroatoms. The van der Waals surface area contributed by atoms with Gasteiger partial charge in [0.2, 0.25) is 0 Å². The fourth-order valence-corrected chi connectivity index (χ4v) is 3.71. The molecule has 5 rings (SSSR count). The number of nitrogens with one attached hydrogen (secondary N) is 2. The van der Waals surface area contributed by atoms with Crippen LogP contribution in [0.25, 0.3) is 22.1 Å². The maximum Gasteiger partial charge on any atom is 0.252 e. The number of imidazole rings is 1. The van der Waals surface area contributed by atoms with Gasteiger partial charge in [0.15, 0.2) is 5.65 Å². The minimum atomic E-state index is -0.0845. The van der Waals surface area contributed by atoms with E-state index in [0.717, 1.165) is 46.4 Å². The zero-order valence-corrected chi connectivity index (χ0v) is 16.6. The number of hydrogen-bond acceptors (Lipinski definition) is 4. The van der Waals surface area contributed by atoms with Crippen LogP contribution in [-0.4, -0.2) is 37.2 Å². The van der Waals surface area contributed by atoms with E-state index in [2.05, 4.69) is 34.2 Å². The van der Waals surface area contributed by atoms with Crippen LogP contribution in [0.5, 0.6) is 0 Å². The fourth-order valence-electron chi connectivity index (χ4n) is 3.71. The first kappa shape index (κ1) is 17.8. The van der Waals surface area contributed by atoms with E-state index in [1.807, 2.05) is 35.0 Å². The van der Waals surface area contributed by atoms with Gasteiger partial charge in [-0.05, 0) is 44.9 Å². The normalized spacial score (nSPS) is 14.2. The summed E-state index contributed by atoms with van der Waals surface area (Å²) in [6.45, 7) is 4.66. The molecule has 7 nitrogen and oxygen atoms in total. The van der Waals surface area contributed by atoms with E-state index in [0.29, 0.717) is 24.4 Å². The topological polar surface area (TPSA) is 88.5 Å². The van der Waals surface area contributed by atoms with Crippen molar-refractivity contribution in [3.05, 3.63) is 53.6 Å². The first-order valence-corrected chi connectivity index (χ1v) is 10.2. The molecule has 0 saturated heterocycles. The molecule has 29 heavy (non-hydrogen) atoms. The van der Waals surface area contributed by atoms with Crippen LogP contribution in [0.4, 0.5) is 0 Å². The standard InChI is InChI=1S/C22H24N6O/c1-13(2)28-21-16(12-24-28)15(11-19(27-21)14-7-8-14)22(29)23-10-9-20-25-17-5-3-4-6-18(17)26-20/h3-6,11-14H,7-10H2,1-2H3,(H,23,29)(H,25,26). The Balaban J connectivity index is 1.37. The van der Waals surface area contributed by atoms with Crippen molar-refractivity contribution < 1.29 is 4.79 Å². The molecular weight excluding hydrogens is 364 g/mol. The Bertz CT molecular complexity index is 1170. The highest BCUT2D eigenvalue weighted by Gasteiger charge is 2.28. The quantitative estimate of drug-likeness (QED) is 0.527. The molecular formula is C22H24N6O. The van der Waals surface area contributed by atoms with Crippen molar-refractivity contribution in [3.63, 3.8) is 0 Å². The van der Waals surface area contributed by atoms with Crippen molar-refractivity contribution in [3.8, 4) is 0 Å². The number of nitrogens with zero attached hydrogens (tertiary/aromatic N) is 4. The lowest BCUT2D eigenvalue weighted by atomic mass is 10.1. The van der Waals surface area contributed by atoms with Crippen LogP contribution in [0, 0.1) is 0 Å². The predicted molar refractivity (Wildman–Crippen MR) is 112 cm³/mol. The van der Waals surface area contributed by atoms with Gasteiger partial charge in [-0.1, -0.05) is 12.1 Å². The number of rotatable bonds is 6. The van der Waals surface area contributed by atoms with Crippen LogP contribution in [-0.2, 0) is 6.42 Å². The van der Waals surface area contributed by atoms with Gasteiger partial charge in [0.1, 0.15) is 5.82 Å². The van der Waals surface area contributed by atoms with Gasteiger partial charge >= 0.3 is 0 Å². The van der Waals surface area contributed by atoms with Gasteiger partial charge in [-0.15, -0.1) is 0 Å². The maximum absolute atomic E-state index is 13.0. The summed E-state index contributed by atoms with van der Waals surface area (Å²) in [7, 11) is 0. The van der Waals surface area contributed by atoms with Gasteiger partial charge in [-0.3, -0.25) is 4.79 Å². The highest BCUT2D eigenvalue weighted by atomic mass is 16.1. The van der Waals surface area contributed by atoms with Gasteiger partial charge in [-0.25, -0.2) is 14.6 Å². The maximum atomic E-state index is 13.0. The second-order valence-corrected chi connectivity index (χ2v) is 8.00. The van der Waals surface area contributed by atoms with Gasteiger partial charge in [-0.2, -0.15) is 5.10 Å². The summed E-state index contributed by atoms with van der Waals surface area (Å²) in [6, 6.07) is 10.1. The predicted octanol–water partition coefficient (Wildman–Crippen LogP) is 3.74. The number of fused-ring (bicyclic) bond motifs is 2. The Morgan fingerprint density at radius 1 is 1.28 bits per heavy atom. The average Bonchev–Trinajstić information content (AvgIpc) is 3.33. The molecule has 0 atom stereocenters. The van der Waals surface area contributed by atoms with Gasteiger partial charge in [0.05, 0.1) is 28.2 Å². The van der Waals surface area contributed by atoms with Crippen LogP contribution in [0.2, 0.25) is 0 Å². The highest BCUT2D eigenvalue weighted by molar-refractivity contribution is 6.05. The molecule has 1 saturated carbocycles. The lowest BCUT2D eigenvalue weighted by molar-refractivity contribution is 0.0955. The number of pyridine rings is 1. The van der Waals surface area contributed by atoms with Crippen molar-refractivity contribution in [2.24, 2.45) is 0 Å². The molecule has 0 bridgehead atoms. The molecule has 1 aromatic carbocycles. The monoisotopic (exact) mass is 388 g/mol. The van der Waals surface area contributed by atoms with Crippen LogP contribution in [0.15, 0.2) is 36.5 Å². The summed E-state index contributed by atoms with van der Waals surface area (Å²) in [5.74, 6) is 1.26. The van der Waals surface area contributed by atoms with Crippen molar-refractivity contribution in [1.29, 1.82) is 0 Å². The van der Waals surface area contributed by atoms with Crippen LogP contribution < -0.4 is 5.32 Å². The molecule has 0 spiro atoms. The molecule has 0 aliphatic heterocycles. The van der Waals surface area contributed by atoms with Crippen LogP contribution >= 0.6 is 0 Å². The highest BCUT2D eigenvalue weighted by Crippen LogP contribution is 2.40. The number of carbonyl (C=O) groups excluding carboxylic acids is 1. The molecule has 1 fully saturated rings. The molecule has 1 aliphatic carbocycles. The number of benzene rings is 1. The lowest BCUT2D eigenvalue weighted by Crippen LogP contribution is -2.26. The zero-order valence-electron chi connectivity index (χ0n) is 16.6. The third-order valence-corrected chi connectivity index (χ3v) is 5.40. The Kier molecular flexibility index (Phi) is 4.30. The summed E-state index contributed by atoms with van der Waals surface area (Å²) >= 11 is 0. The number of H-pyrrole nitrogens is 1. The Hall–Kier alpha value is -3.22. The molecule has 1 aliphatic rings. The van der Waals surface area contributed by atoms with Gasteiger partial charge in [0.25, 0.3) is 5.91 Å². The molecule has 1 amide bonds. The minimum Gasteiger partial charge on any atom is -0.352 e. The van der Waals surface area contributed by atoms with Crippen molar-refractivity contribution in [2.75, 3.05) is 6.54 Å². The van der Waals surface area contributed by atoms with E-state index in [1.54, 1.807) is 6.20 Å². The van der Waals surface area contributed by atoms with Gasteiger partial charge in [0, 0.05) is 30.6 Å². The Labute approximate surface area is 168 Å². The number of hydrogen-bond donors (Lipinski definition) is 2. The summed E-state index contributed by atoms with van der Waals surface area (Å²) in [4.78, 5) is 25.7. The third kappa shape index (κ3) is 3.37. The van der Waals surface area contributed by atoms with E-state index in [1.165, 1.54) is 0 Å². The second-order valence-electron chi connectivity index (χ2n) is 8.00. The first-order chi connectivity index (χ1) is 14.1. The van der Waals surface area contributed by atoms with E-state index in [4.69, 9.17) is 4.98 Å². The number of para-hydroxylation sites is 2. The molecule has 0 radical (unpaired) electrons. The summed E-state index contributed by atoms with van der Waals surface area (Å²) < 4.78 is 1.90. The van der Waals surface area contributed by atoms with E-state index < -0.39 is 0 Å². The minimum absolute atomic E-state index is 0.0845. The molecule has 2 N–H and O–H groups in total. The van der Waals surface area contributed by atoms with Crippen LogP contribution in [0.1, 0.15) is 60.5 Å². The van der Waals surface area contributed by atoms with E-state index >= 15 is 0 Å². The van der Waals surface area contributed by atoms with Crippen molar-refractivity contribution in [1.82, 2.24) is 30.0 Å². The fraction of sp³-hybridized carbons (Fsp3) is 0.364. The number of aromatic nitrogens is 5. The number of amides is 1. The van der Waals surface area contributed by atoms with Crippen LogP contribution in [0.3, 0.4) is 0 Å². The smallest absolute Gasteiger partial charge is 0.252 e. The molecule has 3 aromatic heterocycles. The van der Waals surface area contributed by atoms with E-state index in [9.17, 15) is 4.79 Å². The Morgan fingerprint density at radius 3 is 2.86 bits per heavy atom. The van der Waals surface area contributed by atoms with Crippen molar-refractivity contribution >= 4 is 28.0 Å². The number of carbonyl (C=O) groups is 1. The summed E-state index contributed by atoms with van der Waals surface area (Å²) in [5.41, 5.74) is 4.42. The number of aromatic amines is 1.